The summed E-state index contributed by atoms with van der Waals surface area (Å²) >= 11 is 0. The van der Waals surface area contributed by atoms with Crippen molar-refractivity contribution in [1.29, 1.82) is 0 Å². The molecule has 32 heavy (non-hydrogen) atoms. The van der Waals surface area contributed by atoms with Crippen LogP contribution < -0.4 is 10.5 Å². The summed E-state index contributed by atoms with van der Waals surface area (Å²) in [5.41, 5.74) is 8.30. The summed E-state index contributed by atoms with van der Waals surface area (Å²) in [5, 5.41) is 0. The molecule has 4 rings (SSSR count). The average Bonchev–Trinajstić information content (AvgIpc) is 3.05. The molecule has 0 fully saturated rings. The number of guanidine groups is 1. The van der Waals surface area contributed by atoms with E-state index in [0.29, 0.717) is 16.7 Å². The largest absolute Gasteiger partial charge is 0.494 e. The minimum Gasteiger partial charge on any atom is -0.494 e. The van der Waals surface area contributed by atoms with Gasteiger partial charge in [0.25, 0.3) is 5.91 Å². The van der Waals surface area contributed by atoms with Gasteiger partial charge < -0.3 is 10.5 Å². The maximum Gasteiger partial charge on any atom is 0.266 e. The van der Waals surface area contributed by atoms with Crippen molar-refractivity contribution in [3.8, 4) is 16.9 Å². The number of hydrogen-bond acceptors (Lipinski definition) is 4. The molecule has 0 saturated heterocycles. The number of hydrogen-bond donors (Lipinski definition) is 1. The van der Waals surface area contributed by atoms with Crippen molar-refractivity contribution in [3.05, 3.63) is 89.2 Å². The van der Waals surface area contributed by atoms with Crippen molar-refractivity contribution in [2.24, 2.45) is 10.7 Å². The number of aryl methyl sites for hydroxylation is 1. The molecule has 3 aromatic rings. The number of rotatable bonds is 6. The highest BCUT2D eigenvalue weighted by Gasteiger charge is 2.49. The zero-order chi connectivity index (χ0) is 22.9. The summed E-state index contributed by atoms with van der Waals surface area (Å²) in [7, 11) is 3.04. The van der Waals surface area contributed by atoms with E-state index in [1.54, 1.807) is 43.4 Å². The summed E-state index contributed by atoms with van der Waals surface area (Å²) in [6, 6.07) is 20.1. The molecule has 1 unspecified atom stereocenters. The molecule has 3 aromatic carbocycles. The van der Waals surface area contributed by atoms with E-state index in [-0.39, 0.29) is 17.6 Å². The van der Waals surface area contributed by atoms with E-state index in [1.807, 2.05) is 30.3 Å². The third kappa shape index (κ3) is 3.42. The second-order valence-electron chi connectivity index (χ2n) is 7.89. The van der Waals surface area contributed by atoms with Crippen LogP contribution in [0.4, 0.5) is 4.39 Å². The zero-order valence-corrected chi connectivity index (χ0v) is 18.4. The number of likely N-dealkylation sites (N-methyl/N-ethyl adjacent to an activating group) is 1. The molecule has 0 aliphatic carbocycles. The summed E-state index contributed by atoms with van der Waals surface area (Å²) in [6.45, 7) is 2.12. The highest BCUT2D eigenvalue weighted by atomic mass is 19.1. The van der Waals surface area contributed by atoms with Crippen LogP contribution in [0.3, 0.4) is 0 Å². The van der Waals surface area contributed by atoms with E-state index in [1.165, 1.54) is 17.6 Å². The number of carbonyl (C=O) groups excluding carboxylic acids is 1. The first-order chi connectivity index (χ1) is 15.4. The van der Waals surface area contributed by atoms with Gasteiger partial charge in [-0.2, -0.15) is 0 Å². The van der Waals surface area contributed by atoms with Crippen molar-refractivity contribution >= 4 is 11.9 Å². The third-order valence-electron chi connectivity index (χ3n) is 5.92. The number of methoxy groups -OCH3 is 1. The quantitative estimate of drug-likeness (QED) is 0.626. The SMILES string of the molecule is CCCc1ccc(C2(c3cccc(-c4cccc(OC)c4F)c3)N=C(N)N(C)C2=O)cc1. The number of amides is 1. The van der Waals surface area contributed by atoms with Gasteiger partial charge in [0.05, 0.1) is 7.11 Å². The topological polar surface area (TPSA) is 67.9 Å². The van der Waals surface area contributed by atoms with Gasteiger partial charge >= 0.3 is 0 Å². The van der Waals surface area contributed by atoms with Crippen LogP contribution >= 0.6 is 0 Å². The van der Waals surface area contributed by atoms with E-state index in [2.05, 4.69) is 11.9 Å². The van der Waals surface area contributed by atoms with E-state index in [9.17, 15) is 9.18 Å². The van der Waals surface area contributed by atoms with E-state index >= 15 is 0 Å². The smallest absolute Gasteiger partial charge is 0.266 e. The van der Waals surface area contributed by atoms with Crippen LogP contribution in [-0.4, -0.2) is 30.9 Å². The standard InChI is InChI=1S/C26H26FN3O2/c1-4-7-17-12-14-19(15-13-17)26(24(31)30(2)25(28)29-26)20-9-5-8-18(16-20)21-10-6-11-22(32-3)23(21)27/h5-6,8-16H,4,7H2,1-3H3,(H2,28,29). The maximum atomic E-state index is 15.0. The van der Waals surface area contributed by atoms with Crippen LogP contribution in [0.1, 0.15) is 30.0 Å². The first-order valence-electron chi connectivity index (χ1n) is 10.6. The van der Waals surface area contributed by atoms with Gasteiger partial charge in [-0.25, -0.2) is 9.38 Å². The zero-order valence-electron chi connectivity index (χ0n) is 18.4. The van der Waals surface area contributed by atoms with Gasteiger partial charge in [0.2, 0.25) is 0 Å². The molecule has 1 heterocycles. The van der Waals surface area contributed by atoms with Gasteiger partial charge in [0.1, 0.15) is 0 Å². The fourth-order valence-corrected chi connectivity index (χ4v) is 4.19. The minimum atomic E-state index is -1.32. The van der Waals surface area contributed by atoms with Gasteiger partial charge in [-0.3, -0.25) is 9.69 Å². The number of nitrogens with two attached hydrogens (primary N) is 1. The van der Waals surface area contributed by atoms with Gasteiger partial charge in [-0.05, 0) is 40.8 Å². The first-order valence-corrected chi connectivity index (χ1v) is 10.6. The Labute approximate surface area is 187 Å². The van der Waals surface area contributed by atoms with Crippen molar-refractivity contribution in [2.75, 3.05) is 14.2 Å². The lowest BCUT2D eigenvalue weighted by Crippen LogP contribution is -2.41. The molecule has 6 heteroatoms. The summed E-state index contributed by atoms with van der Waals surface area (Å²) in [6.07, 6.45) is 1.99. The van der Waals surface area contributed by atoms with Crippen LogP contribution in [0, 0.1) is 5.82 Å². The predicted octanol–water partition coefficient (Wildman–Crippen LogP) is 4.48. The molecule has 164 valence electrons. The lowest BCUT2D eigenvalue weighted by molar-refractivity contribution is -0.129. The Balaban J connectivity index is 1.89. The fraction of sp³-hybridized carbons (Fsp3) is 0.231. The van der Waals surface area contributed by atoms with Crippen molar-refractivity contribution in [2.45, 2.75) is 25.3 Å². The fourth-order valence-electron chi connectivity index (χ4n) is 4.19. The molecule has 1 atom stereocenters. The Hall–Kier alpha value is -3.67. The Kier molecular flexibility index (Phi) is 5.70. The monoisotopic (exact) mass is 431 g/mol. The van der Waals surface area contributed by atoms with Gasteiger partial charge in [-0.1, -0.05) is 67.9 Å². The molecular weight excluding hydrogens is 405 g/mol. The lowest BCUT2D eigenvalue weighted by atomic mass is 9.81. The normalized spacial score (nSPS) is 18.1. The molecule has 0 bridgehead atoms. The average molecular weight is 432 g/mol. The van der Waals surface area contributed by atoms with Crippen LogP contribution in [0.15, 0.2) is 71.7 Å². The van der Waals surface area contributed by atoms with E-state index in [0.717, 1.165) is 18.4 Å². The molecule has 1 amide bonds. The summed E-state index contributed by atoms with van der Waals surface area (Å²) < 4.78 is 20.1. The van der Waals surface area contributed by atoms with Gasteiger partial charge in [-0.15, -0.1) is 0 Å². The van der Waals surface area contributed by atoms with E-state index < -0.39 is 11.4 Å². The molecule has 0 aromatic heterocycles. The maximum absolute atomic E-state index is 15.0. The van der Waals surface area contributed by atoms with Crippen molar-refractivity contribution in [3.63, 3.8) is 0 Å². The Bertz CT molecular complexity index is 1190. The molecule has 1 aliphatic heterocycles. The molecule has 0 radical (unpaired) electrons. The Morgan fingerprint density at radius 3 is 2.41 bits per heavy atom. The summed E-state index contributed by atoms with van der Waals surface area (Å²) in [5.74, 6) is -0.400. The Morgan fingerprint density at radius 1 is 1.06 bits per heavy atom. The van der Waals surface area contributed by atoms with Crippen LogP contribution in [-0.2, 0) is 16.8 Å². The van der Waals surface area contributed by atoms with Crippen LogP contribution in [0.25, 0.3) is 11.1 Å². The number of aliphatic imine (C=N–C) groups is 1. The van der Waals surface area contributed by atoms with Crippen LogP contribution in [0.5, 0.6) is 5.75 Å². The van der Waals surface area contributed by atoms with E-state index in [4.69, 9.17) is 10.5 Å². The molecule has 5 nitrogen and oxygen atoms in total. The number of carbonyl (C=O) groups is 1. The van der Waals surface area contributed by atoms with Crippen molar-refractivity contribution in [1.82, 2.24) is 4.90 Å². The second kappa shape index (κ2) is 8.46. The molecule has 2 N–H and O–H groups in total. The number of halogens is 1. The van der Waals surface area contributed by atoms with Gasteiger partial charge in [0, 0.05) is 12.6 Å². The molecule has 0 saturated carbocycles. The molecule has 0 spiro atoms. The molecular formula is C26H26FN3O2. The van der Waals surface area contributed by atoms with Crippen molar-refractivity contribution < 1.29 is 13.9 Å². The molecule has 1 aliphatic rings. The third-order valence-corrected chi connectivity index (χ3v) is 5.92. The van der Waals surface area contributed by atoms with Gasteiger partial charge in [0.15, 0.2) is 23.1 Å². The highest BCUT2D eigenvalue weighted by molar-refractivity contribution is 6.09. The number of nitrogens with zero attached hydrogens (tertiary/aromatic N) is 2. The highest BCUT2D eigenvalue weighted by Crippen LogP contribution is 2.41. The second-order valence-corrected chi connectivity index (χ2v) is 7.89. The predicted molar refractivity (Wildman–Crippen MR) is 124 cm³/mol. The lowest BCUT2D eigenvalue weighted by Gasteiger charge is -2.27. The number of benzene rings is 3. The summed E-state index contributed by atoms with van der Waals surface area (Å²) in [4.78, 5) is 19.5. The Morgan fingerprint density at radius 2 is 1.78 bits per heavy atom. The first kappa shape index (κ1) is 21.6. The number of ether oxygens (including phenoxy) is 1. The minimum absolute atomic E-state index is 0.144. The van der Waals surface area contributed by atoms with Crippen LogP contribution in [0.2, 0.25) is 0 Å².